The zero-order chi connectivity index (χ0) is 26.8. The van der Waals surface area contributed by atoms with Crippen molar-refractivity contribution >= 4 is 55.6 Å². The lowest BCUT2D eigenvalue weighted by atomic mass is 10.1. The van der Waals surface area contributed by atoms with Crippen molar-refractivity contribution in [1.82, 2.24) is 19.7 Å². The maximum Gasteiger partial charge on any atom is 0.267 e. The van der Waals surface area contributed by atoms with E-state index < -0.39 is 0 Å². The van der Waals surface area contributed by atoms with Gasteiger partial charge in [0.25, 0.3) is 5.91 Å². The number of amidine groups is 1. The molecule has 5 aromatic rings. The number of hydrogen-bond acceptors (Lipinski definition) is 7. The van der Waals surface area contributed by atoms with Crippen LogP contribution in [0.3, 0.4) is 0 Å². The molecule has 0 spiro atoms. The van der Waals surface area contributed by atoms with Crippen LogP contribution in [0.4, 0.5) is 5.13 Å². The Bertz CT molecular complexity index is 1700. The summed E-state index contributed by atoms with van der Waals surface area (Å²) in [5, 5.41) is 6.07. The maximum atomic E-state index is 13.5. The first kappa shape index (κ1) is 24.8. The second kappa shape index (κ2) is 10.7. The van der Waals surface area contributed by atoms with E-state index in [1.165, 1.54) is 23.1 Å². The van der Waals surface area contributed by atoms with Crippen LogP contribution in [0.15, 0.2) is 108 Å². The number of carbonyl (C=O) groups excluding carboxylic acids is 1. The number of thioether (sulfide) groups is 1. The summed E-state index contributed by atoms with van der Waals surface area (Å²) < 4.78 is 8.21. The summed E-state index contributed by atoms with van der Waals surface area (Å²) in [5.41, 5.74) is 4.31. The van der Waals surface area contributed by atoms with Crippen molar-refractivity contribution in [2.75, 3.05) is 13.7 Å². The van der Waals surface area contributed by atoms with E-state index in [0.717, 1.165) is 38.5 Å². The van der Waals surface area contributed by atoms with Gasteiger partial charge in [-0.15, -0.1) is 6.58 Å². The number of rotatable bonds is 7. The predicted octanol–water partition coefficient (Wildman–Crippen LogP) is 6.95. The van der Waals surface area contributed by atoms with Crippen molar-refractivity contribution in [3.05, 3.63) is 108 Å². The molecule has 6 rings (SSSR count). The summed E-state index contributed by atoms with van der Waals surface area (Å²) in [5.74, 6) is 0.631. The Labute approximate surface area is 233 Å². The Morgan fingerprint density at radius 3 is 2.54 bits per heavy atom. The first-order valence-electron chi connectivity index (χ1n) is 12.2. The van der Waals surface area contributed by atoms with Crippen molar-refractivity contribution in [2.45, 2.75) is 0 Å². The number of nitrogens with zero attached hydrogens (tertiary/aromatic N) is 5. The molecule has 39 heavy (non-hydrogen) atoms. The third kappa shape index (κ3) is 5.01. The number of amides is 1. The molecule has 1 aliphatic rings. The number of aliphatic imine (C=N–C) groups is 1. The summed E-state index contributed by atoms with van der Waals surface area (Å²) >= 11 is 2.83. The normalized spacial score (nSPS) is 15.5. The van der Waals surface area contributed by atoms with Gasteiger partial charge in [0, 0.05) is 23.9 Å². The Kier molecular flexibility index (Phi) is 6.83. The first-order valence-corrected chi connectivity index (χ1v) is 13.8. The fourth-order valence-electron chi connectivity index (χ4n) is 4.19. The van der Waals surface area contributed by atoms with Gasteiger partial charge >= 0.3 is 0 Å². The van der Waals surface area contributed by atoms with Crippen molar-refractivity contribution < 1.29 is 9.53 Å². The van der Waals surface area contributed by atoms with Gasteiger partial charge in [0.1, 0.15) is 5.75 Å². The molecule has 0 saturated carbocycles. The molecule has 0 N–H and O–H groups in total. The molecule has 3 aromatic carbocycles. The molecule has 2 aromatic heterocycles. The van der Waals surface area contributed by atoms with E-state index in [1.54, 1.807) is 18.1 Å². The molecule has 9 heteroatoms. The number of thiazole rings is 1. The van der Waals surface area contributed by atoms with E-state index in [4.69, 9.17) is 14.8 Å². The first-order chi connectivity index (χ1) is 19.1. The zero-order valence-electron chi connectivity index (χ0n) is 21.0. The van der Waals surface area contributed by atoms with Gasteiger partial charge in [-0.05, 0) is 66.4 Å². The van der Waals surface area contributed by atoms with Crippen LogP contribution in [0.1, 0.15) is 5.56 Å². The largest absolute Gasteiger partial charge is 0.497 e. The van der Waals surface area contributed by atoms with E-state index in [1.807, 2.05) is 95.8 Å². The molecule has 0 atom stereocenters. The second-order valence-electron chi connectivity index (χ2n) is 8.62. The number of fused-ring (bicyclic) bond motifs is 1. The van der Waals surface area contributed by atoms with E-state index in [-0.39, 0.29) is 5.91 Å². The molecule has 1 saturated heterocycles. The monoisotopic (exact) mass is 549 g/mol. The molecular weight excluding hydrogens is 526 g/mol. The number of ether oxygens (including phenoxy) is 1. The fraction of sp³-hybridized carbons (Fsp3) is 0.0667. The molecule has 0 aliphatic carbocycles. The van der Waals surface area contributed by atoms with E-state index in [9.17, 15) is 4.79 Å². The minimum absolute atomic E-state index is 0.132. The summed E-state index contributed by atoms with van der Waals surface area (Å²) in [6.45, 7) is 4.18. The van der Waals surface area contributed by atoms with Gasteiger partial charge in [0.2, 0.25) is 5.13 Å². The smallest absolute Gasteiger partial charge is 0.267 e. The number of para-hydroxylation sites is 2. The van der Waals surface area contributed by atoms with Crippen molar-refractivity contribution in [1.29, 1.82) is 0 Å². The van der Waals surface area contributed by atoms with Gasteiger partial charge in [-0.25, -0.2) is 9.67 Å². The number of methoxy groups -OCH3 is 1. The molecule has 7 nitrogen and oxygen atoms in total. The number of aromatic nitrogens is 3. The van der Waals surface area contributed by atoms with Gasteiger partial charge < -0.3 is 4.74 Å². The Hall–Kier alpha value is -4.47. The number of benzene rings is 3. The quantitative estimate of drug-likeness (QED) is 0.162. The molecule has 1 fully saturated rings. The summed E-state index contributed by atoms with van der Waals surface area (Å²) in [6, 6.07) is 25.5. The molecule has 0 radical (unpaired) electrons. The van der Waals surface area contributed by atoms with Crippen LogP contribution >= 0.6 is 23.1 Å². The van der Waals surface area contributed by atoms with Crippen molar-refractivity contribution in [2.24, 2.45) is 4.99 Å². The van der Waals surface area contributed by atoms with E-state index in [0.29, 0.717) is 21.7 Å². The van der Waals surface area contributed by atoms with Crippen LogP contribution in [-0.2, 0) is 4.79 Å². The molecule has 3 heterocycles. The van der Waals surface area contributed by atoms with E-state index >= 15 is 0 Å². The zero-order valence-corrected chi connectivity index (χ0v) is 22.7. The van der Waals surface area contributed by atoms with Gasteiger partial charge in [0.05, 0.1) is 33.6 Å². The average molecular weight is 550 g/mol. The number of hydrogen-bond donors (Lipinski definition) is 0. The molecule has 1 aliphatic heterocycles. The van der Waals surface area contributed by atoms with Crippen LogP contribution in [-0.4, -0.2) is 44.4 Å². The minimum Gasteiger partial charge on any atom is -0.497 e. The van der Waals surface area contributed by atoms with Crippen LogP contribution in [0.2, 0.25) is 0 Å². The highest BCUT2D eigenvalue weighted by atomic mass is 32.2. The van der Waals surface area contributed by atoms with Gasteiger partial charge in [-0.3, -0.25) is 9.69 Å². The maximum absolute atomic E-state index is 13.5. The molecule has 1 amide bonds. The van der Waals surface area contributed by atoms with Crippen molar-refractivity contribution in [3.8, 4) is 22.7 Å². The highest BCUT2D eigenvalue weighted by molar-refractivity contribution is 8.18. The lowest BCUT2D eigenvalue weighted by Crippen LogP contribution is -2.29. The molecule has 0 unspecified atom stereocenters. The Morgan fingerprint density at radius 1 is 1.03 bits per heavy atom. The lowest BCUT2D eigenvalue weighted by Gasteiger charge is -2.11. The third-order valence-corrected chi connectivity index (χ3v) is 8.02. The van der Waals surface area contributed by atoms with Crippen LogP contribution in [0, 0.1) is 0 Å². The van der Waals surface area contributed by atoms with E-state index in [2.05, 4.69) is 11.6 Å². The fourth-order valence-corrected chi connectivity index (χ4v) is 6.07. The molecular formula is C30H23N5O2S2. The summed E-state index contributed by atoms with van der Waals surface area (Å²) in [7, 11) is 1.64. The van der Waals surface area contributed by atoms with Gasteiger partial charge in [0.15, 0.2) is 5.17 Å². The Morgan fingerprint density at radius 2 is 1.79 bits per heavy atom. The van der Waals surface area contributed by atoms with Gasteiger partial charge in [-0.1, -0.05) is 47.7 Å². The Balaban J connectivity index is 1.41. The average Bonchev–Trinajstić information content (AvgIpc) is 3.66. The minimum atomic E-state index is -0.132. The SMILES string of the molecule is C=CCN1C(=O)/C(=C\c2cn(-c3ccccc3)nc2-c2ccc(OC)cc2)S/C1=N/c1nc2ccccc2s1. The highest BCUT2D eigenvalue weighted by Crippen LogP contribution is 2.37. The van der Waals surface area contributed by atoms with Crippen LogP contribution < -0.4 is 4.74 Å². The topological polar surface area (TPSA) is 72.6 Å². The molecule has 0 bridgehead atoms. The van der Waals surface area contributed by atoms with Crippen LogP contribution in [0.25, 0.3) is 33.2 Å². The lowest BCUT2D eigenvalue weighted by molar-refractivity contribution is -0.121. The highest BCUT2D eigenvalue weighted by Gasteiger charge is 2.33. The third-order valence-electron chi connectivity index (χ3n) is 6.09. The van der Waals surface area contributed by atoms with Gasteiger partial charge in [-0.2, -0.15) is 10.1 Å². The number of carbonyl (C=O) groups is 1. The predicted molar refractivity (Wildman–Crippen MR) is 160 cm³/mol. The summed E-state index contributed by atoms with van der Waals surface area (Å²) in [6.07, 6.45) is 5.53. The summed E-state index contributed by atoms with van der Waals surface area (Å²) in [4.78, 5) is 25.1. The van der Waals surface area contributed by atoms with Crippen molar-refractivity contribution in [3.63, 3.8) is 0 Å². The van der Waals surface area contributed by atoms with Crippen LogP contribution in [0.5, 0.6) is 5.75 Å². The standard InChI is InChI=1S/C30H23N5O2S2/c1-3-17-34-28(36)26(39-30(34)32-29-31-24-11-7-8-12-25(24)38-29)18-21-19-35(22-9-5-4-6-10-22)33-27(21)20-13-15-23(37-2)16-14-20/h3-16,18-19H,1,17H2,2H3/b26-18+,32-30+. The second-order valence-corrected chi connectivity index (χ2v) is 10.6. The molecule has 192 valence electrons.